The molecule has 0 unspecified atom stereocenters. The molecule has 0 bridgehead atoms. The molecule has 5 nitrogen and oxygen atoms in total. The summed E-state index contributed by atoms with van der Waals surface area (Å²) in [6, 6.07) is 9.49. The molecule has 1 N–H and O–H groups in total. The van der Waals surface area contributed by atoms with E-state index in [-0.39, 0.29) is 18.0 Å². The van der Waals surface area contributed by atoms with Gasteiger partial charge in [-0.25, -0.2) is 4.79 Å². The summed E-state index contributed by atoms with van der Waals surface area (Å²) in [5.74, 6) is -0.0398. The van der Waals surface area contributed by atoms with Crippen LogP contribution in [0.15, 0.2) is 30.3 Å². The van der Waals surface area contributed by atoms with Crippen LogP contribution in [0.4, 0.5) is 4.79 Å². The molecule has 2 amide bonds. The van der Waals surface area contributed by atoms with Gasteiger partial charge in [-0.3, -0.25) is 9.69 Å². The molecule has 2 rings (SSSR count). The van der Waals surface area contributed by atoms with E-state index in [1.165, 1.54) is 0 Å². The monoisotopic (exact) mass is 290 g/mol. The third kappa shape index (κ3) is 4.21. The van der Waals surface area contributed by atoms with Crippen molar-refractivity contribution in [3.63, 3.8) is 0 Å². The van der Waals surface area contributed by atoms with E-state index in [1.807, 2.05) is 51.1 Å². The van der Waals surface area contributed by atoms with Crippen LogP contribution in [0.2, 0.25) is 0 Å². The first-order valence-corrected chi connectivity index (χ1v) is 7.18. The van der Waals surface area contributed by atoms with Crippen molar-refractivity contribution < 1.29 is 14.3 Å². The zero-order valence-corrected chi connectivity index (χ0v) is 12.8. The second-order valence-electron chi connectivity index (χ2n) is 6.15. The van der Waals surface area contributed by atoms with Gasteiger partial charge in [-0.2, -0.15) is 0 Å². The van der Waals surface area contributed by atoms with Gasteiger partial charge in [0.05, 0.1) is 6.04 Å². The Bertz CT molecular complexity index is 508. The second-order valence-corrected chi connectivity index (χ2v) is 6.15. The van der Waals surface area contributed by atoms with Crippen LogP contribution >= 0.6 is 0 Å². The van der Waals surface area contributed by atoms with E-state index in [2.05, 4.69) is 5.32 Å². The number of nitrogens with one attached hydrogen (secondary N) is 1. The van der Waals surface area contributed by atoms with Crippen LogP contribution in [0.1, 0.15) is 38.8 Å². The van der Waals surface area contributed by atoms with Crippen molar-refractivity contribution in [3.8, 4) is 0 Å². The van der Waals surface area contributed by atoms with Crippen molar-refractivity contribution in [3.05, 3.63) is 35.9 Å². The van der Waals surface area contributed by atoms with Crippen molar-refractivity contribution in [2.45, 2.75) is 38.8 Å². The van der Waals surface area contributed by atoms with Gasteiger partial charge in [-0.1, -0.05) is 30.3 Å². The van der Waals surface area contributed by atoms with E-state index < -0.39 is 5.60 Å². The Labute approximate surface area is 125 Å². The van der Waals surface area contributed by atoms with Gasteiger partial charge < -0.3 is 10.1 Å². The molecular weight excluding hydrogens is 268 g/mol. The molecule has 1 fully saturated rings. The number of ether oxygens (including phenoxy) is 1. The van der Waals surface area contributed by atoms with Gasteiger partial charge in [0.25, 0.3) is 0 Å². The number of carbonyl (C=O) groups is 2. The molecule has 21 heavy (non-hydrogen) atoms. The van der Waals surface area contributed by atoms with Crippen LogP contribution < -0.4 is 5.32 Å². The first kappa shape index (κ1) is 15.4. The molecule has 1 saturated heterocycles. The summed E-state index contributed by atoms with van der Waals surface area (Å²) in [6.45, 7) is 6.28. The van der Waals surface area contributed by atoms with E-state index >= 15 is 0 Å². The average Bonchev–Trinajstić information content (AvgIpc) is 2.60. The molecule has 0 aromatic heterocycles. The van der Waals surface area contributed by atoms with Gasteiger partial charge >= 0.3 is 6.09 Å². The van der Waals surface area contributed by atoms with Gasteiger partial charge in [-0.15, -0.1) is 0 Å². The van der Waals surface area contributed by atoms with E-state index in [1.54, 1.807) is 4.90 Å². The predicted molar refractivity (Wildman–Crippen MR) is 79.7 cm³/mol. The minimum absolute atomic E-state index is 0.0398. The Balaban J connectivity index is 2.24. The topological polar surface area (TPSA) is 58.6 Å². The van der Waals surface area contributed by atoms with Gasteiger partial charge in [0.2, 0.25) is 5.91 Å². The number of amides is 2. The van der Waals surface area contributed by atoms with E-state index in [0.29, 0.717) is 19.5 Å². The standard InChI is InChI=1S/C16H22N2O3/c1-16(2,3)21-15(20)18-10-9-14(19)17-11-13(18)12-7-5-4-6-8-12/h4-8,13H,9-11H2,1-3H3,(H,17,19)/t13-/m0/s1. The number of hydrogen-bond donors (Lipinski definition) is 1. The summed E-state index contributed by atoms with van der Waals surface area (Å²) in [5, 5.41) is 2.85. The van der Waals surface area contributed by atoms with Gasteiger partial charge in [0.1, 0.15) is 5.60 Å². The van der Waals surface area contributed by atoms with Gasteiger partial charge in [0, 0.05) is 19.5 Å². The summed E-state index contributed by atoms with van der Waals surface area (Å²) < 4.78 is 5.47. The zero-order chi connectivity index (χ0) is 15.5. The molecule has 1 aromatic rings. The van der Waals surface area contributed by atoms with Crippen molar-refractivity contribution >= 4 is 12.0 Å². The fraction of sp³-hybridized carbons (Fsp3) is 0.500. The maximum absolute atomic E-state index is 12.4. The summed E-state index contributed by atoms with van der Waals surface area (Å²) in [6.07, 6.45) is -0.0874. The van der Waals surface area contributed by atoms with E-state index in [4.69, 9.17) is 4.74 Å². The Morgan fingerprint density at radius 1 is 1.29 bits per heavy atom. The molecule has 5 heteroatoms. The molecule has 1 aliphatic rings. The SMILES string of the molecule is CC(C)(C)OC(=O)N1CCC(=O)NC[C@H]1c1ccccc1. The highest BCUT2D eigenvalue weighted by Crippen LogP contribution is 2.24. The Hall–Kier alpha value is -2.04. The molecule has 114 valence electrons. The Morgan fingerprint density at radius 3 is 2.57 bits per heavy atom. The Kier molecular flexibility index (Phi) is 4.50. The fourth-order valence-electron chi connectivity index (χ4n) is 2.30. The fourth-order valence-corrected chi connectivity index (χ4v) is 2.30. The highest BCUT2D eigenvalue weighted by atomic mass is 16.6. The van der Waals surface area contributed by atoms with Gasteiger partial charge in [0.15, 0.2) is 0 Å². The molecular formula is C16H22N2O3. The lowest BCUT2D eigenvalue weighted by Gasteiger charge is -2.32. The summed E-state index contributed by atoms with van der Waals surface area (Å²) in [5.41, 5.74) is 0.438. The maximum Gasteiger partial charge on any atom is 0.410 e. The molecule has 0 saturated carbocycles. The first-order chi connectivity index (χ1) is 9.87. The highest BCUT2D eigenvalue weighted by Gasteiger charge is 2.31. The zero-order valence-electron chi connectivity index (χ0n) is 12.8. The lowest BCUT2D eigenvalue weighted by molar-refractivity contribution is -0.120. The van der Waals surface area contributed by atoms with Gasteiger partial charge in [-0.05, 0) is 26.3 Å². The van der Waals surface area contributed by atoms with Crippen LogP contribution in [-0.2, 0) is 9.53 Å². The van der Waals surface area contributed by atoms with Crippen molar-refractivity contribution in [2.75, 3.05) is 13.1 Å². The predicted octanol–water partition coefficient (Wildman–Crippen LogP) is 2.48. The number of hydrogen-bond acceptors (Lipinski definition) is 3. The van der Waals surface area contributed by atoms with Crippen LogP contribution in [0.5, 0.6) is 0 Å². The van der Waals surface area contributed by atoms with Crippen molar-refractivity contribution in [1.82, 2.24) is 10.2 Å². The van der Waals surface area contributed by atoms with E-state index in [9.17, 15) is 9.59 Å². The third-order valence-corrected chi connectivity index (χ3v) is 3.26. The maximum atomic E-state index is 12.4. The summed E-state index contributed by atoms with van der Waals surface area (Å²) in [7, 11) is 0. The minimum Gasteiger partial charge on any atom is -0.444 e. The van der Waals surface area contributed by atoms with Crippen LogP contribution in [0.25, 0.3) is 0 Å². The molecule has 0 spiro atoms. The minimum atomic E-state index is -0.554. The Morgan fingerprint density at radius 2 is 1.95 bits per heavy atom. The number of nitrogens with zero attached hydrogens (tertiary/aromatic N) is 1. The molecule has 1 aromatic carbocycles. The average molecular weight is 290 g/mol. The number of carbonyl (C=O) groups excluding carboxylic acids is 2. The van der Waals surface area contributed by atoms with Crippen LogP contribution in [-0.4, -0.2) is 35.6 Å². The highest BCUT2D eigenvalue weighted by molar-refractivity contribution is 5.78. The smallest absolute Gasteiger partial charge is 0.410 e. The van der Waals surface area contributed by atoms with Crippen LogP contribution in [0, 0.1) is 0 Å². The first-order valence-electron chi connectivity index (χ1n) is 7.18. The van der Waals surface area contributed by atoms with Crippen LogP contribution in [0.3, 0.4) is 0 Å². The molecule has 0 aliphatic carbocycles. The second kappa shape index (κ2) is 6.16. The van der Waals surface area contributed by atoms with Crippen molar-refractivity contribution in [2.24, 2.45) is 0 Å². The third-order valence-electron chi connectivity index (χ3n) is 3.26. The number of benzene rings is 1. The largest absolute Gasteiger partial charge is 0.444 e. The normalized spacial score (nSPS) is 19.7. The quantitative estimate of drug-likeness (QED) is 0.864. The molecule has 1 atom stereocenters. The molecule has 1 heterocycles. The number of rotatable bonds is 1. The molecule has 0 radical (unpaired) electrons. The lowest BCUT2D eigenvalue weighted by atomic mass is 10.1. The lowest BCUT2D eigenvalue weighted by Crippen LogP contribution is -2.41. The van der Waals surface area contributed by atoms with Crippen molar-refractivity contribution in [1.29, 1.82) is 0 Å². The molecule has 1 aliphatic heterocycles. The van der Waals surface area contributed by atoms with E-state index in [0.717, 1.165) is 5.56 Å². The summed E-state index contributed by atoms with van der Waals surface area (Å²) in [4.78, 5) is 25.7. The summed E-state index contributed by atoms with van der Waals surface area (Å²) >= 11 is 0.